The number of aliphatic hydroxyl groups excluding tert-OH is 1. The van der Waals surface area contributed by atoms with Crippen LogP contribution >= 0.6 is 0 Å². The Labute approximate surface area is 120 Å². The summed E-state index contributed by atoms with van der Waals surface area (Å²) < 4.78 is 9.86. The van der Waals surface area contributed by atoms with Gasteiger partial charge in [0.05, 0.1) is 19.6 Å². The van der Waals surface area contributed by atoms with E-state index in [0.29, 0.717) is 6.42 Å². The lowest BCUT2D eigenvalue weighted by Crippen LogP contribution is -2.43. The van der Waals surface area contributed by atoms with E-state index in [-0.39, 0.29) is 6.61 Å². The Morgan fingerprint density at radius 3 is 2.35 bits per heavy atom. The first-order valence-corrected chi connectivity index (χ1v) is 6.54. The van der Waals surface area contributed by atoms with Crippen LogP contribution in [-0.4, -0.2) is 42.5 Å². The molecule has 6 heteroatoms. The molecule has 1 amide bonds. The standard InChI is InChI=1S/C14H25NO5/c1-10(15-13(18)20-14(2,3)4)11(12(17)19-5)8-6-7-9-16/h6-7,10-11,16H,8-9H2,1-5H3,(H,15,18)/b7-6-/t10-,11-/m1/s1. The first-order valence-electron chi connectivity index (χ1n) is 6.54. The Morgan fingerprint density at radius 2 is 1.90 bits per heavy atom. The lowest BCUT2D eigenvalue weighted by molar-refractivity contribution is -0.146. The van der Waals surface area contributed by atoms with Gasteiger partial charge in [0.2, 0.25) is 0 Å². The predicted molar refractivity (Wildman–Crippen MR) is 75.2 cm³/mol. The molecular weight excluding hydrogens is 262 g/mol. The molecule has 6 nitrogen and oxygen atoms in total. The van der Waals surface area contributed by atoms with E-state index in [1.807, 2.05) is 0 Å². The molecule has 0 aromatic carbocycles. The highest BCUT2D eigenvalue weighted by Gasteiger charge is 2.27. The van der Waals surface area contributed by atoms with Crippen molar-refractivity contribution < 1.29 is 24.2 Å². The summed E-state index contributed by atoms with van der Waals surface area (Å²) in [5.74, 6) is -0.952. The van der Waals surface area contributed by atoms with Crippen LogP contribution in [0.25, 0.3) is 0 Å². The molecule has 0 aromatic rings. The van der Waals surface area contributed by atoms with Crippen LogP contribution in [0.3, 0.4) is 0 Å². The van der Waals surface area contributed by atoms with Gasteiger partial charge in [-0.15, -0.1) is 0 Å². The third-order valence-electron chi connectivity index (χ3n) is 2.51. The molecule has 116 valence electrons. The summed E-state index contributed by atoms with van der Waals surface area (Å²) in [7, 11) is 1.30. The van der Waals surface area contributed by atoms with Crippen LogP contribution in [0.2, 0.25) is 0 Å². The van der Waals surface area contributed by atoms with Crippen molar-refractivity contribution in [3.8, 4) is 0 Å². The van der Waals surface area contributed by atoms with Crippen molar-refractivity contribution in [3.05, 3.63) is 12.2 Å². The van der Waals surface area contributed by atoms with E-state index in [1.165, 1.54) is 13.2 Å². The van der Waals surface area contributed by atoms with Crippen molar-refractivity contribution in [2.45, 2.75) is 45.8 Å². The number of rotatable bonds is 6. The third-order valence-corrected chi connectivity index (χ3v) is 2.51. The van der Waals surface area contributed by atoms with Crippen LogP contribution < -0.4 is 5.32 Å². The molecule has 2 N–H and O–H groups in total. The number of hydrogen-bond acceptors (Lipinski definition) is 5. The number of carbonyl (C=O) groups is 2. The fourth-order valence-corrected chi connectivity index (χ4v) is 1.57. The summed E-state index contributed by atoms with van der Waals surface area (Å²) in [5, 5.41) is 11.3. The maximum absolute atomic E-state index is 11.7. The van der Waals surface area contributed by atoms with E-state index >= 15 is 0 Å². The number of amides is 1. The van der Waals surface area contributed by atoms with Gasteiger partial charge in [-0.25, -0.2) is 4.79 Å². The Morgan fingerprint density at radius 1 is 1.30 bits per heavy atom. The normalized spacial score (nSPS) is 14.7. The smallest absolute Gasteiger partial charge is 0.407 e. The highest BCUT2D eigenvalue weighted by Crippen LogP contribution is 2.14. The summed E-state index contributed by atoms with van der Waals surface area (Å²) in [6.45, 7) is 6.90. The minimum absolute atomic E-state index is 0.0955. The second-order valence-corrected chi connectivity index (χ2v) is 5.45. The van der Waals surface area contributed by atoms with Gasteiger partial charge in [0, 0.05) is 6.04 Å². The molecule has 0 spiro atoms. The van der Waals surface area contributed by atoms with E-state index in [0.717, 1.165) is 0 Å². The van der Waals surface area contributed by atoms with Gasteiger partial charge in [-0.3, -0.25) is 4.79 Å². The molecule has 0 fully saturated rings. The van der Waals surface area contributed by atoms with Gasteiger partial charge in [0.15, 0.2) is 0 Å². The Bertz CT molecular complexity index is 346. The molecule has 0 heterocycles. The van der Waals surface area contributed by atoms with Gasteiger partial charge < -0.3 is 19.9 Å². The Hall–Kier alpha value is -1.56. The number of allylic oxidation sites excluding steroid dienone is 1. The van der Waals surface area contributed by atoms with Gasteiger partial charge >= 0.3 is 12.1 Å². The van der Waals surface area contributed by atoms with Gasteiger partial charge in [-0.2, -0.15) is 0 Å². The minimum Gasteiger partial charge on any atom is -0.469 e. The number of esters is 1. The van der Waals surface area contributed by atoms with Crippen molar-refractivity contribution in [2.24, 2.45) is 5.92 Å². The van der Waals surface area contributed by atoms with Crippen molar-refractivity contribution in [1.29, 1.82) is 0 Å². The SMILES string of the molecule is COC(=O)[C@H](C/C=C\CO)[C@@H](C)NC(=O)OC(C)(C)C. The van der Waals surface area contributed by atoms with Crippen LogP contribution in [0.4, 0.5) is 4.79 Å². The number of ether oxygens (including phenoxy) is 2. The van der Waals surface area contributed by atoms with Gasteiger partial charge in [-0.1, -0.05) is 12.2 Å². The number of nitrogens with one attached hydrogen (secondary N) is 1. The zero-order valence-corrected chi connectivity index (χ0v) is 12.8. The molecule has 0 radical (unpaired) electrons. The largest absolute Gasteiger partial charge is 0.469 e. The average Bonchev–Trinajstić information content (AvgIpc) is 2.31. The van der Waals surface area contributed by atoms with E-state index in [2.05, 4.69) is 5.32 Å². The molecule has 0 bridgehead atoms. The second-order valence-electron chi connectivity index (χ2n) is 5.45. The maximum Gasteiger partial charge on any atom is 0.407 e. The number of aliphatic hydroxyl groups is 1. The third kappa shape index (κ3) is 7.78. The molecule has 0 aliphatic carbocycles. The van der Waals surface area contributed by atoms with Crippen LogP contribution in [0.1, 0.15) is 34.1 Å². The second kappa shape index (κ2) is 8.58. The van der Waals surface area contributed by atoms with Crippen LogP contribution in [0.15, 0.2) is 12.2 Å². The maximum atomic E-state index is 11.7. The number of methoxy groups -OCH3 is 1. The van der Waals surface area contributed by atoms with E-state index < -0.39 is 29.6 Å². The summed E-state index contributed by atoms with van der Waals surface area (Å²) in [6.07, 6.45) is 3.00. The summed E-state index contributed by atoms with van der Waals surface area (Å²) >= 11 is 0. The first kappa shape index (κ1) is 18.4. The number of hydrogen-bond donors (Lipinski definition) is 2. The zero-order chi connectivity index (χ0) is 15.8. The molecule has 0 unspecified atom stereocenters. The molecule has 0 saturated carbocycles. The van der Waals surface area contributed by atoms with E-state index in [9.17, 15) is 9.59 Å². The van der Waals surface area contributed by atoms with Crippen molar-refractivity contribution in [2.75, 3.05) is 13.7 Å². The first-order chi connectivity index (χ1) is 9.21. The van der Waals surface area contributed by atoms with Gasteiger partial charge in [0.25, 0.3) is 0 Å². The fraction of sp³-hybridized carbons (Fsp3) is 0.714. The molecule has 0 saturated heterocycles. The lowest BCUT2D eigenvalue weighted by Gasteiger charge is -2.25. The molecule has 0 aromatic heterocycles. The predicted octanol–water partition coefficient (Wildman–Crippen LogP) is 1.63. The monoisotopic (exact) mass is 287 g/mol. The van der Waals surface area contributed by atoms with Crippen molar-refractivity contribution in [1.82, 2.24) is 5.32 Å². The minimum atomic E-state index is -0.596. The molecule has 20 heavy (non-hydrogen) atoms. The van der Waals surface area contributed by atoms with Crippen LogP contribution in [0, 0.1) is 5.92 Å². The van der Waals surface area contributed by atoms with Crippen molar-refractivity contribution in [3.63, 3.8) is 0 Å². The van der Waals surface area contributed by atoms with Gasteiger partial charge in [0.1, 0.15) is 5.60 Å². The molecule has 2 atom stereocenters. The fourth-order valence-electron chi connectivity index (χ4n) is 1.57. The quantitative estimate of drug-likeness (QED) is 0.573. The molecule has 0 aliphatic heterocycles. The summed E-state index contributed by atoms with van der Waals surface area (Å²) in [4.78, 5) is 23.4. The average molecular weight is 287 g/mol. The molecule has 0 aliphatic rings. The summed E-state index contributed by atoms with van der Waals surface area (Å²) in [5.41, 5.74) is -0.596. The highest BCUT2D eigenvalue weighted by molar-refractivity contribution is 5.75. The topological polar surface area (TPSA) is 84.9 Å². The van der Waals surface area contributed by atoms with Crippen molar-refractivity contribution >= 4 is 12.1 Å². The number of carbonyl (C=O) groups excluding carboxylic acids is 2. The zero-order valence-electron chi connectivity index (χ0n) is 12.8. The highest BCUT2D eigenvalue weighted by atomic mass is 16.6. The van der Waals surface area contributed by atoms with Crippen LogP contribution in [-0.2, 0) is 14.3 Å². The Balaban J connectivity index is 4.62. The van der Waals surface area contributed by atoms with E-state index in [1.54, 1.807) is 33.8 Å². The molecular formula is C14H25NO5. The van der Waals surface area contributed by atoms with Crippen LogP contribution in [0.5, 0.6) is 0 Å². The number of alkyl carbamates (subject to hydrolysis) is 1. The van der Waals surface area contributed by atoms with E-state index in [4.69, 9.17) is 14.6 Å². The lowest BCUT2D eigenvalue weighted by atomic mass is 9.97. The molecule has 0 rings (SSSR count). The Kier molecular flexibility index (Phi) is 7.91. The van der Waals surface area contributed by atoms with Gasteiger partial charge in [-0.05, 0) is 34.1 Å². The summed E-state index contributed by atoms with van der Waals surface area (Å²) in [6, 6.07) is -0.444.